The smallest absolute Gasteiger partial charge is 0.462 e. The minimum absolute atomic E-state index is 0.0352. The Morgan fingerprint density at radius 2 is 0.691 bits per heavy atom. The molecule has 0 aliphatic heterocycles. The summed E-state index contributed by atoms with van der Waals surface area (Å²) in [6, 6.07) is 0. The monoisotopic (exact) mass is 1170 g/mol. The zero-order chi connectivity index (χ0) is 58.5. The molecule has 0 amide bonds. The fourth-order valence-electron chi connectivity index (χ4n) is 12.9. The normalized spacial score (nSPS) is 19.2. The van der Waals surface area contributed by atoms with Crippen LogP contribution in [-0.4, -0.2) is 95.9 Å². The van der Waals surface area contributed by atoms with Crippen LogP contribution in [0.15, 0.2) is 0 Å². The largest absolute Gasteiger partial charge is 0.474 e. The average molecular weight is 1170 g/mol. The molecule has 0 saturated heterocycles. The molecule has 0 radical (unpaired) electrons. The molecule has 2 unspecified atom stereocenters. The highest BCUT2D eigenvalue weighted by molar-refractivity contribution is 7.48. The van der Waals surface area contributed by atoms with Gasteiger partial charge in [0.15, 0.2) is 0 Å². The predicted molar refractivity (Wildman–Crippen MR) is 339 cm³/mol. The maximum atomic E-state index is 14.0. The van der Waals surface area contributed by atoms with E-state index in [1.807, 2.05) is 0 Å². The summed E-state index contributed by atoms with van der Waals surface area (Å²) in [5.41, 5.74) is 0. The third-order valence-corrected chi connectivity index (χ3v) is 19.6. The SMILES string of the molecule is CCCCCCCCC(CCCCC1CCC(CCC)CC1)OC(=O)CCCCCCCOP(=O)(OCCCCCCCC(=O)OC(CCCCCCCC)CCCCC1CCC(CCC)CC1)OCCCN(CCOC)CCOC. The number of carbonyl (C=O) groups is 2. The van der Waals surface area contributed by atoms with E-state index < -0.39 is 7.82 Å². The molecule has 2 fully saturated rings. The summed E-state index contributed by atoms with van der Waals surface area (Å²) in [5, 5.41) is 0. The minimum atomic E-state index is -3.77. The lowest BCUT2D eigenvalue weighted by molar-refractivity contribution is -0.151. The first-order valence-electron chi connectivity index (χ1n) is 35.3. The van der Waals surface area contributed by atoms with Crippen LogP contribution in [0.5, 0.6) is 0 Å². The van der Waals surface area contributed by atoms with E-state index in [2.05, 4.69) is 32.6 Å². The Labute approximate surface area is 501 Å². The van der Waals surface area contributed by atoms with Gasteiger partial charge in [0.25, 0.3) is 0 Å². The Hall–Kier alpha value is -1.07. The third-order valence-electron chi connectivity index (χ3n) is 18.1. The Morgan fingerprint density at radius 3 is 1.06 bits per heavy atom. The molecule has 0 N–H and O–H groups in total. The van der Waals surface area contributed by atoms with Gasteiger partial charge < -0.3 is 18.9 Å². The zero-order valence-corrected chi connectivity index (χ0v) is 55.2. The van der Waals surface area contributed by atoms with Crippen LogP contribution in [0.2, 0.25) is 0 Å². The molecule has 0 aromatic carbocycles. The molecular formula is C69H134NO10P. The van der Waals surface area contributed by atoms with Crippen molar-refractivity contribution in [3.63, 3.8) is 0 Å². The Morgan fingerprint density at radius 1 is 0.370 bits per heavy atom. The van der Waals surface area contributed by atoms with Gasteiger partial charge in [-0.3, -0.25) is 28.1 Å². The van der Waals surface area contributed by atoms with Gasteiger partial charge >= 0.3 is 19.8 Å². The third kappa shape index (κ3) is 44.1. The fraction of sp³-hybridized carbons (Fsp3) is 0.971. The standard InChI is InChI=1S/C69H134NO10P/c1-7-11-13-15-19-25-40-66(42-31-29-38-64-50-46-62(36-9-3)47-51-64)79-68(71)44-27-21-17-23-33-57-76-81(73,78-59-35-54-70(55-60-74-5)56-61-75-6)77-58-34-24-18-22-28-45-69(72)80-67(41-26-20-16-14-12-8-2)43-32-30-39-65-52-48-63(37-10-4)49-53-65/h62-67H,7-61H2,1-6H3. The summed E-state index contributed by atoms with van der Waals surface area (Å²) in [4.78, 5) is 28.5. The molecule has 81 heavy (non-hydrogen) atoms. The van der Waals surface area contributed by atoms with Gasteiger partial charge in [-0.1, -0.05) is 233 Å². The van der Waals surface area contributed by atoms with E-state index in [1.165, 1.54) is 167 Å². The lowest BCUT2D eigenvalue weighted by Crippen LogP contribution is -2.32. The number of methoxy groups -OCH3 is 2. The minimum Gasteiger partial charge on any atom is -0.462 e. The predicted octanol–water partition coefficient (Wildman–Crippen LogP) is 20.5. The molecule has 0 aromatic heterocycles. The number of unbranched alkanes of at least 4 members (excludes halogenated alkanes) is 20. The molecule has 2 aliphatic rings. The quantitative estimate of drug-likeness (QED) is 0.0329. The Balaban J connectivity index is 1.75. The number of esters is 2. The molecule has 2 saturated carbocycles. The summed E-state index contributed by atoms with van der Waals surface area (Å²) in [6.45, 7) is 13.6. The summed E-state index contributed by atoms with van der Waals surface area (Å²) in [5.74, 6) is 3.65. The molecule has 2 atom stereocenters. The van der Waals surface area contributed by atoms with Gasteiger partial charge in [0.2, 0.25) is 0 Å². The molecule has 2 aliphatic carbocycles. The molecule has 0 aromatic rings. The van der Waals surface area contributed by atoms with E-state index in [9.17, 15) is 14.2 Å². The molecule has 0 spiro atoms. The van der Waals surface area contributed by atoms with E-state index in [0.29, 0.717) is 45.7 Å². The number of hydrogen-bond acceptors (Lipinski definition) is 11. The van der Waals surface area contributed by atoms with E-state index in [0.717, 1.165) is 159 Å². The van der Waals surface area contributed by atoms with Crippen LogP contribution in [0.4, 0.5) is 0 Å². The average Bonchev–Trinajstić information content (AvgIpc) is 3.46. The summed E-state index contributed by atoms with van der Waals surface area (Å²) < 4.78 is 54.8. The van der Waals surface area contributed by atoms with E-state index in [-0.39, 0.29) is 30.8 Å². The molecule has 2 rings (SSSR count). The summed E-state index contributed by atoms with van der Waals surface area (Å²) in [6.07, 6.45) is 53.9. The van der Waals surface area contributed by atoms with Crippen molar-refractivity contribution in [1.82, 2.24) is 4.90 Å². The van der Waals surface area contributed by atoms with Crippen molar-refractivity contribution in [2.75, 3.05) is 66.9 Å². The van der Waals surface area contributed by atoms with E-state index in [1.54, 1.807) is 14.2 Å². The summed E-state index contributed by atoms with van der Waals surface area (Å²) in [7, 11) is -0.352. The number of rotatable bonds is 59. The van der Waals surface area contributed by atoms with Crippen molar-refractivity contribution in [3.8, 4) is 0 Å². The topological polar surface area (TPSA) is 119 Å². The molecule has 0 heterocycles. The molecule has 12 heteroatoms. The number of phosphoric acid groups is 1. The van der Waals surface area contributed by atoms with Gasteiger partial charge in [-0.05, 0) is 107 Å². The number of ether oxygens (including phenoxy) is 4. The zero-order valence-electron chi connectivity index (χ0n) is 54.3. The van der Waals surface area contributed by atoms with Crippen LogP contribution in [0.3, 0.4) is 0 Å². The maximum absolute atomic E-state index is 14.0. The Kier molecular flexibility index (Phi) is 51.0. The number of hydrogen-bond donors (Lipinski definition) is 0. The van der Waals surface area contributed by atoms with Crippen LogP contribution >= 0.6 is 7.82 Å². The van der Waals surface area contributed by atoms with Crippen molar-refractivity contribution < 1.29 is 46.7 Å². The number of nitrogens with zero attached hydrogens (tertiary/aromatic N) is 1. The molecule has 0 bridgehead atoms. The van der Waals surface area contributed by atoms with Gasteiger partial charge in [-0.15, -0.1) is 0 Å². The first-order chi connectivity index (χ1) is 39.7. The van der Waals surface area contributed by atoms with Crippen molar-refractivity contribution in [1.29, 1.82) is 0 Å². The number of phosphoric ester groups is 1. The van der Waals surface area contributed by atoms with Gasteiger partial charge in [0.1, 0.15) is 12.2 Å². The fourth-order valence-corrected chi connectivity index (χ4v) is 14.2. The van der Waals surface area contributed by atoms with Crippen LogP contribution in [0, 0.1) is 23.7 Å². The van der Waals surface area contributed by atoms with Gasteiger partial charge in [-0.2, -0.15) is 0 Å². The highest BCUT2D eigenvalue weighted by Crippen LogP contribution is 2.50. The second kappa shape index (κ2) is 54.3. The second-order valence-corrected chi connectivity index (χ2v) is 27.1. The van der Waals surface area contributed by atoms with Crippen LogP contribution in [0.25, 0.3) is 0 Å². The van der Waals surface area contributed by atoms with Crippen LogP contribution in [0.1, 0.15) is 329 Å². The lowest BCUT2D eigenvalue weighted by atomic mass is 9.78. The first-order valence-corrected chi connectivity index (χ1v) is 36.8. The molecule has 11 nitrogen and oxygen atoms in total. The maximum Gasteiger partial charge on any atom is 0.474 e. The van der Waals surface area contributed by atoms with Crippen LogP contribution in [-0.2, 0) is 46.7 Å². The summed E-state index contributed by atoms with van der Waals surface area (Å²) >= 11 is 0. The van der Waals surface area contributed by atoms with Gasteiger partial charge in [0, 0.05) is 46.7 Å². The highest BCUT2D eigenvalue weighted by Gasteiger charge is 2.27. The molecular weight excluding hydrogens is 1030 g/mol. The van der Waals surface area contributed by atoms with E-state index in [4.69, 9.17) is 32.5 Å². The highest BCUT2D eigenvalue weighted by atomic mass is 31.2. The van der Waals surface area contributed by atoms with Gasteiger partial charge in [-0.25, -0.2) is 4.57 Å². The van der Waals surface area contributed by atoms with Crippen molar-refractivity contribution in [3.05, 3.63) is 0 Å². The Bertz CT molecular complexity index is 1340. The van der Waals surface area contributed by atoms with Crippen molar-refractivity contribution >= 4 is 19.8 Å². The van der Waals surface area contributed by atoms with Crippen molar-refractivity contribution in [2.24, 2.45) is 23.7 Å². The van der Waals surface area contributed by atoms with Gasteiger partial charge in [0.05, 0.1) is 33.0 Å². The van der Waals surface area contributed by atoms with Crippen LogP contribution < -0.4 is 0 Å². The van der Waals surface area contributed by atoms with E-state index >= 15 is 0 Å². The lowest BCUT2D eigenvalue weighted by Gasteiger charge is -2.28. The second-order valence-electron chi connectivity index (χ2n) is 25.4. The first kappa shape index (κ1) is 76.0. The number of carbonyl (C=O) groups excluding carboxylic acids is 2. The molecule has 480 valence electrons. The van der Waals surface area contributed by atoms with Crippen molar-refractivity contribution in [2.45, 2.75) is 342 Å².